The number of primary amides is 1. The topological polar surface area (TPSA) is 119 Å². The number of carbonyl (C=O) groups is 3. The summed E-state index contributed by atoms with van der Waals surface area (Å²) in [5.74, 6) is -1.33. The highest BCUT2D eigenvalue weighted by atomic mass is 16.2. The molecule has 0 aliphatic heterocycles. The predicted octanol–water partition coefficient (Wildman–Crippen LogP) is 2.34. The van der Waals surface area contributed by atoms with Gasteiger partial charge in [-0.15, -0.1) is 0 Å². The van der Waals surface area contributed by atoms with Crippen molar-refractivity contribution < 1.29 is 14.4 Å². The molecule has 0 aliphatic carbocycles. The molecule has 0 radical (unpaired) electrons. The van der Waals surface area contributed by atoms with Crippen molar-refractivity contribution in [2.45, 2.75) is 33.4 Å². The Morgan fingerprint density at radius 2 is 1.78 bits per heavy atom. The van der Waals surface area contributed by atoms with E-state index in [4.69, 9.17) is 5.73 Å². The van der Waals surface area contributed by atoms with Crippen LogP contribution in [0.3, 0.4) is 0 Å². The maximum Gasteiger partial charge on any atom is 0.262 e. The Kier molecular flexibility index (Phi) is 7.04. The first-order valence-electron chi connectivity index (χ1n) is 10.3. The molecule has 3 amide bonds. The smallest absolute Gasteiger partial charge is 0.262 e. The SMILES string of the molecule is Cc1ccc(C(=O)NC(C(=O)NN=Cc2cn(CC(N)=O)c3ccccc23)C(C)C)cc1. The van der Waals surface area contributed by atoms with Crippen molar-refractivity contribution in [1.82, 2.24) is 15.3 Å². The predicted molar refractivity (Wildman–Crippen MR) is 124 cm³/mol. The monoisotopic (exact) mass is 433 g/mol. The zero-order valence-electron chi connectivity index (χ0n) is 18.3. The molecular weight excluding hydrogens is 406 g/mol. The summed E-state index contributed by atoms with van der Waals surface area (Å²) < 4.78 is 1.74. The van der Waals surface area contributed by atoms with Gasteiger partial charge in [0.2, 0.25) is 5.91 Å². The van der Waals surface area contributed by atoms with Crippen LogP contribution in [0.5, 0.6) is 0 Å². The molecule has 0 fully saturated rings. The second kappa shape index (κ2) is 9.91. The van der Waals surface area contributed by atoms with Crippen LogP contribution in [0.4, 0.5) is 0 Å². The molecule has 0 saturated heterocycles. The Balaban J connectivity index is 1.72. The lowest BCUT2D eigenvalue weighted by Crippen LogP contribution is -2.48. The minimum atomic E-state index is -0.753. The number of nitrogens with two attached hydrogens (primary N) is 1. The van der Waals surface area contributed by atoms with E-state index >= 15 is 0 Å². The van der Waals surface area contributed by atoms with Gasteiger partial charge in [-0.05, 0) is 31.0 Å². The molecular formula is C24H27N5O3. The quantitative estimate of drug-likeness (QED) is 0.374. The third-order valence-electron chi connectivity index (χ3n) is 5.07. The fourth-order valence-electron chi connectivity index (χ4n) is 3.38. The van der Waals surface area contributed by atoms with Crippen molar-refractivity contribution in [3.8, 4) is 0 Å². The first kappa shape index (κ1) is 22.7. The molecule has 0 aliphatic rings. The minimum Gasteiger partial charge on any atom is -0.368 e. The van der Waals surface area contributed by atoms with E-state index < -0.39 is 17.9 Å². The van der Waals surface area contributed by atoms with Gasteiger partial charge in [-0.25, -0.2) is 5.43 Å². The van der Waals surface area contributed by atoms with E-state index in [1.807, 2.05) is 57.2 Å². The molecule has 3 aromatic rings. The maximum atomic E-state index is 12.7. The van der Waals surface area contributed by atoms with Gasteiger partial charge in [0.1, 0.15) is 12.6 Å². The van der Waals surface area contributed by atoms with E-state index in [9.17, 15) is 14.4 Å². The first-order valence-corrected chi connectivity index (χ1v) is 10.3. The maximum absolute atomic E-state index is 12.7. The van der Waals surface area contributed by atoms with Gasteiger partial charge < -0.3 is 15.6 Å². The summed E-state index contributed by atoms with van der Waals surface area (Å²) >= 11 is 0. The average Bonchev–Trinajstić information content (AvgIpc) is 3.09. The number of hydrogen-bond acceptors (Lipinski definition) is 4. The third kappa shape index (κ3) is 5.40. The van der Waals surface area contributed by atoms with Gasteiger partial charge in [0.25, 0.3) is 11.8 Å². The van der Waals surface area contributed by atoms with Crippen molar-refractivity contribution in [1.29, 1.82) is 0 Å². The van der Waals surface area contributed by atoms with Gasteiger partial charge in [0, 0.05) is 28.2 Å². The van der Waals surface area contributed by atoms with Gasteiger partial charge in [-0.2, -0.15) is 5.10 Å². The molecule has 32 heavy (non-hydrogen) atoms. The fraction of sp³-hybridized carbons (Fsp3) is 0.250. The molecule has 0 bridgehead atoms. The lowest BCUT2D eigenvalue weighted by molar-refractivity contribution is -0.124. The lowest BCUT2D eigenvalue weighted by atomic mass is 10.0. The summed E-state index contributed by atoms with van der Waals surface area (Å²) in [6.45, 7) is 5.68. The number of para-hydroxylation sites is 1. The van der Waals surface area contributed by atoms with Gasteiger partial charge in [0.15, 0.2) is 0 Å². The van der Waals surface area contributed by atoms with Crippen LogP contribution in [0.15, 0.2) is 59.8 Å². The molecule has 0 spiro atoms. The third-order valence-corrected chi connectivity index (χ3v) is 5.07. The molecule has 0 saturated carbocycles. The summed E-state index contributed by atoms with van der Waals surface area (Å²) in [5.41, 5.74) is 10.9. The minimum absolute atomic E-state index is 0.0428. The lowest BCUT2D eigenvalue weighted by Gasteiger charge is -2.20. The Morgan fingerprint density at radius 1 is 1.09 bits per heavy atom. The van der Waals surface area contributed by atoms with Crippen molar-refractivity contribution >= 4 is 34.8 Å². The van der Waals surface area contributed by atoms with Crippen LogP contribution in [0.1, 0.15) is 35.3 Å². The number of benzene rings is 2. The Labute approximate surface area is 186 Å². The van der Waals surface area contributed by atoms with Gasteiger partial charge in [-0.3, -0.25) is 14.4 Å². The molecule has 2 aromatic carbocycles. The second-order valence-electron chi connectivity index (χ2n) is 7.99. The van der Waals surface area contributed by atoms with E-state index in [1.165, 1.54) is 6.21 Å². The summed E-state index contributed by atoms with van der Waals surface area (Å²) in [7, 11) is 0. The highest BCUT2D eigenvalue weighted by Crippen LogP contribution is 2.19. The largest absolute Gasteiger partial charge is 0.368 e. The normalized spacial score (nSPS) is 12.2. The number of amides is 3. The van der Waals surface area contributed by atoms with Crippen LogP contribution >= 0.6 is 0 Å². The van der Waals surface area contributed by atoms with Crippen LogP contribution in [0, 0.1) is 12.8 Å². The number of nitrogens with one attached hydrogen (secondary N) is 2. The number of hydrogen-bond donors (Lipinski definition) is 3. The summed E-state index contributed by atoms with van der Waals surface area (Å²) in [6, 6.07) is 13.9. The van der Waals surface area contributed by atoms with E-state index in [0.29, 0.717) is 5.56 Å². The van der Waals surface area contributed by atoms with Crippen molar-refractivity contribution in [3.05, 3.63) is 71.4 Å². The van der Waals surface area contributed by atoms with Crippen molar-refractivity contribution in [2.75, 3.05) is 0 Å². The standard InChI is InChI=1S/C24H27N5O3/c1-15(2)22(27-23(31)17-10-8-16(3)9-11-17)24(32)28-26-12-18-13-29(14-21(25)30)20-7-5-4-6-19(18)20/h4-13,15,22H,14H2,1-3H3,(H2,25,30)(H,27,31)(H,28,32). The Morgan fingerprint density at radius 3 is 2.44 bits per heavy atom. The number of rotatable bonds is 8. The van der Waals surface area contributed by atoms with Crippen LogP contribution < -0.4 is 16.5 Å². The average molecular weight is 434 g/mol. The molecule has 1 unspecified atom stereocenters. The number of hydrazone groups is 1. The Bertz CT molecular complexity index is 1160. The van der Waals surface area contributed by atoms with E-state index in [-0.39, 0.29) is 18.4 Å². The molecule has 3 rings (SSSR count). The zero-order valence-corrected chi connectivity index (χ0v) is 18.3. The van der Waals surface area contributed by atoms with Crippen LogP contribution in [0.25, 0.3) is 10.9 Å². The van der Waals surface area contributed by atoms with Gasteiger partial charge >= 0.3 is 0 Å². The van der Waals surface area contributed by atoms with Crippen molar-refractivity contribution in [2.24, 2.45) is 16.8 Å². The van der Waals surface area contributed by atoms with E-state index in [0.717, 1.165) is 22.0 Å². The summed E-state index contributed by atoms with van der Waals surface area (Å²) in [4.78, 5) is 36.6. The number of fused-ring (bicyclic) bond motifs is 1. The molecule has 8 heteroatoms. The number of nitrogens with zero attached hydrogens (tertiary/aromatic N) is 2. The molecule has 1 atom stereocenters. The zero-order chi connectivity index (χ0) is 23.3. The van der Waals surface area contributed by atoms with E-state index in [1.54, 1.807) is 22.9 Å². The van der Waals surface area contributed by atoms with Gasteiger partial charge in [0.05, 0.1) is 6.21 Å². The highest BCUT2D eigenvalue weighted by molar-refractivity contribution is 6.01. The highest BCUT2D eigenvalue weighted by Gasteiger charge is 2.24. The van der Waals surface area contributed by atoms with Crippen LogP contribution in [0.2, 0.25) is 0 Å². The second-order valence-corrected chi connectivity index (χ2v) is 7.99. The number of aryl methyl sites for hydroxylation is 1. The summed E-state index contributed by atoms with van der Waals surface area (Å²) in [5, 5.41) is 7.72. The number of aromatic nitrogens is 1. The van der Waals surface area contributed by atoms with Gasteiger partial charge in [-0.1, -0.05) is 49.7 Å². The molecule has 8 nitrogen and oxygen atoms in total. The van der Waals surface area contributed by atoms with Crippen molar-refractivity contribution in [3.63, 3.8) is 0 Å². The Hall–Kier alpha value is -3.94. The molecule has 166 valence electrons. The van der Waals surface area contributed by atoms with Crippen LogP contribution in [-0.2, 0) is 16.1 Å². The molecule has 1 aromatic heterocycles. The fourth-order valence-corrected chi connectivity index (χ4v) is 3.38. The first-order chi connectivity index (χ1) is 15.3. The molecule has 1 heterocycles. The van der Waals surface area contributed by atoms with E-state index in [2.05, 4.69) is 15.8 Å². The van der Waals surface area contributed by atoms with Crippen LogP contribution in [-0.4, -0.2) is 34.5 Å². The molecule has 4 N–H and O–H groups in total. The summed E-state index contributed by atoms with van der Waals surface area (Å²) in [6.07, 6.45) is 3.26. The number of carbonyl (C=O) groups excluding carboxylic acids is 3.